The van der Waals surface area contributed by atoms with Crippen molar-refractivity contribution in [3.8, 4) is 0 Å². The van der Waals surface area contributed by atoms with Crippen molar-refractivity contribution in [2.75, 3.05) is 26.3 Å². The first-order chi connectivity index (χ1) is 15.7. The number of aromatic nitrogens is 2. The number of fused-ring (bicyclic) bond motifs is 1. The van der Waals surface area contributed by atoms with Gasteiger partial charge in [0.25, 0.3) is 0 Å². The molecule has 5 nitrogen and oxygen atoms in total. The minimum absolute atomic E-state index is 0.138. The van der Waals surface area contributed by atoms with Crippen LogP contribution in [-0.2, 0) is 21.4 Å². The Morgan fingerprint density at radius 2 is 2.00 bits per heavy atom. The van der Waals surface area contributed by atoms with Gasteiger partial charge in [-0.1, -0.05) is 12.1 Å². The third-order valence-corrected chi connectivity index (χ3v) is 7.28. The van der Waals surface area contributed by atoms with Gasteiger partial charge in [-0.05, 0) is 74.3 Å². The summed E-state index contributed by atoms with van der Waals surface area (Å²) in [6, 6.07) is 10.8. The Kier molecular flexibility index (Phi) is 5.96. The molecule has 1 atom stereocenters. The topological polar surface area (TPSA) is 46.8 Å². The van der Waals surface area contributed by atoms with E-state index in [4.69, 9.17) is 4.74 Å². The summed E-state index contributed by atoms with van der Waals surface area (Å²) in [5, 5.41) is 0. The van der Waals surface area contributed by atoms with Gasteiger partial charge in [-0.25, -0.2) is 4.39 Å². The molecular formula is C26H30FN3O2. The Morgan fingerprint density at radius 1 is 1.12 bits per heavy atom. The quantitative estimate of drug-likeness (QED) is 0.611. The van der Waals surface area contributed by atoms with Crippen molar-refractivity contribution < 1.29 is 13.9 Å². The third-order valence-electron chi connectivity index (χ3n) is 7.28. The van der Waals surface area contributed by atoms with Crippen molar-refractivity contribution in [1.82, 2.24) is 14.3 Å². The molecule has 0 spiro atoms. The normalized spacial score (nSPS) is 21.4. The lowest BCUT2D eigenvalue weighted by molar-refractivity contribution is -0.141. The van der Waals surface area contributed by atoms with Crippen LogP contribution in [0.5, 0.6) is 0 Å². The van der Waals surface area contributed by atoms with E-state index in [1.807, 2.05) is 35.6 Å². The van der Waals surface area contributed by atoms with E-state index in [-0.39, 0.29) is 11.7 Å². The summed E-state index contributed by atoms with van der Waals surface area (Å²) in [6.45, 7) is 2.57. The van der Waals surface area contributed by atoms with Gasteiger partial charge in [0.1, 0.15) is 5.82 Å². The standard InChI is InChI=1S/C26H30FN3O2/c27-22-6-1-5-21(19-22)26(9-16-32-17-10-26)25(31)30-13-2-4-20(8-14-30)18-23-24-7-3-12-29(24)15-11-28-23/h1,3,5-7,11-12,15,19-20H,2,4,8-10,13-14,16-18H2. The monoisotopic (exact) mass is 435 g/mol. The summed E-state index contributed by atoms with van der Waals surface area (Å²) in [5.74, 6) is 0.351. The number of halogens is 1. The van der Waals surface area contributed by atoms with Crippen molar-refractivity contribution in [2.24, 2.45) is 5.92 Å². The maximum atomic E-state index is 14.0. The van der Waals surface area contributed by atoms with Crippen LogP contribution in [0.4, 0.5) is 4.39 Å². The van der Waals surface area contributed by atoms with E-state index in [0.29, 0.717) is 32.0 Å². The highest BCUT2D eigenvalue weighted by Gasteiger charge is 2.44. The highest BCUT2D eigenvalue weighted by molar-refractivity contribution is 5.88. The van der Waals surface area contributed by atoms with Gasteiger partial charge in [-0.2, -0.15) is 0 Å². The lowest BCUT2D eigenvalue weighted by atomic mass is 9.73. The number of carbonyl (C=O) groups excluding carboxylic acids is 1. The second-order valence-corrected chi connectivity index (χ2v) is 9.17. The molecule has 3 aromatic rings. The van der Waals surface area contributed by atoms with Gasteiger partial charge in [-0.3, -0.25) is 9.78 Å². The molecule has 0 aliphatic carbocycles. The van der Waals surface area contributed by atoms with Gasteiger partial charge >= 0.3 is 0 Å². The fourth-order valence-electron chi connectivity index (χ4n) is 5.47. The minimum atomic E-state index is -0.681. The number of benzene rings is 1. The smallest absolute Gasteiger partial charge is 0.233 e. The van der Waals surface area contributed by atoms with Crippen LogP contribution in [0.15, 0.2) is 55.0 Å². The first-order valence-electron chi connectivity index (χ1n) is 11.7. The summed E-state index contributed by atoms with van der Waals surface area (Å²) in [4.78, 5) is 20.5. The zero-order chi connectivity index (χ0) is 22.0. The van der Waals surface area contributed by atoms with Gasteiger partial charge in [0.15, 0.2) is 0 Å². The van der Waals surface area contributed by atoms with Crippen molar-refractivity contribution in [3.63, 3.8) is 0 Å². The Balaban J connectivity index is 1.32. The number of ether oxygens (including phenoxy) is 1. The van der Waals surface area contributed by atoms with Gasteiger partial charge in [-0.15, -0.1) is 0 Å². The zero-order valence-electron chi connectivity index (χ0n) is 18.4. The third kappa shape index (κ3) is 4.04. The van der Waals surface area contributed by atoms with E-state index in [0.717, 1.165) is 55.5 Å². The maximum absolute atomic E-state index is 14.0. The molecule has 32 heavy (non-hydrogen) atoms. The number of amides is 1. The molecule has 2 aliphatic heterocycles. The zero-order valence-corrected chi connectivity index (χ0v) is 18.4. The summed E-state index contributed by atoms with van der Waals surface area (Å²) in [7, 11) is 0. The van der Waals surface area contributed by atoms with Crippen molar-refractivity contribution in [2.45, 2.75) is 43.9 Å². The molecule has 6 heteroatoms. The Hall–Kier alpha value is -2.73. The second-order valence-electron chi connectivity index (χ2n) is 9.17. The van der Waals surface area contributed by atoms with E-state index in [1.54, 1.807) is 6.07 Å². The average molecular weight is 436 g/mol. The van der Waals surface area contributed by atoms with E-state index < -0.39 is 5.41 Å². The van der Waals surface area contributed by atoms with Crippen LogP contribution in [0.1, 0.15) is 43.4 Å². The molecule has 5 rings (SSSR count). The van der Waals surface area contributed by atoms with Gasteiger partial charge < -0.3 is 14.0 Å². The second kappa shape index (κ2) is 9.02. The minimum Gasteiger partial charge on any atom is -0.381 e. The Morgan fingerprint density at radius 3 is 2.84 bits per heavy atom. The summed E-state index contributed by atoms with van der Waals surface area (Å²) >= 11 is 0. The number of likely N-dealkylation sites (tertiary alicyclic amines) is 1. The molecule has 1 amide bonds. The fraction of sp³-hybridized carbons (Fsp3) is 0.462. The SMILES string of the molecule is O=C(N1CCCC(Cc2nccn3cccc23)CC1)C1(c2cccc(F)c2)CCOCC1. The molecule has 0 N–H and O–H groups in total. The van der Waals surface area contributed by atoms with E-state index in [9.17, 15) is 9.18 Å². The van der Waals surface area contributed by atoms with Crippen LogP contribution in [0, 0.1) is 11.7 Å². The Bertz CT molecular complexity index is 1090. The van der Waals surface area contributed by atoms with Gasteiger partial charge in [0.05, 0.1) is 16.6 Å². The molecule has 0 saturated carbocycles. The van der Waals surface area contributed by atoms with E-state index in [2.05, 4.69) is 15.5 Å². The molecular weight excluding hydrogens is 405 g/mol. The largest absolute Gasteiger partial charge is 0.381 e. The van der Waals surface area contributed by atoms with Gasteiger partial charge in [0, 0.05) is 44.9 Å². The Labute approximate surface area is 188 Å². The number of hydrogen-bond acceptors (Lipinski definition) is 3. The first-order valence-corrected chi connectivity index (χ1v) is 11.7. The van der Waals surface area contributed by atoms with Crippen molar-refractivity contribution >= 4 is 11.4 Å². The predicted molar refractivity (Wildman–Crippen MR) is 121 cm³/mol. The highest BCUT2D eigenvalue weighted by atomic mass is 19.1. The number of carbonyl (C=O) groups is 1. The fourth-order valence-corrected chi connectivity index (χ4v) is 5.47. The van der Waals surface area contributed by atoms with Crippen LogP contribution in [0.25, 0.3) is 5.52 Å². The lowest BCUT2D eigenvalue weighted by Gasteiger charge is -2.40. The van der Waals surface area contributed by atoms with E-state index in [1.165, 1.54) is 12.1 Å². The van der Waals surface area contributed by atoms with Crippen molar-refractivity contribution in [3.05, 3.63) is 72.1 Å². The van der Waals surface area contributed by atoms with Crippen LogP contribution >= 0.6 is 0 Å². The number of hydrogen-bond donors (Lipinski definition) is 0. The highest BCUT2D eigenvalue weighted by Crippen LogP contribution is 2.38. The van der Waals surface area contributed by atoms with Crippen molar-refractivity contribution in [1.29, 1.82) is 0 Å². The molecule has 1 aromatic carbocycles. The maximum Gasteiger partial charge on any atom is 0.233 e. The average Bonchev–Trinajstić information content (AvgIpc) is 3.19. The molecule has 168 valence electrons. The molecule has 0 bridgehead atoms. The lowest BCUT2D eigenvalue weighted by Crippen LogP contribution is -2.50. The molecule has 2 fully saturated rings. The van der Waals surface area contributed by atoms with E-state index >= 15 is 0 Å². The number of rotatable bonds is 4. The first kappa shape index (κ1) is 21.1. The van der Waals surface area contributed by atoms with Gasteiger partial charge in [0.2, 0.25) is 5.91 Å². The van der Waals surface area contributed by atoms with Crippen LogP contribution in [0.3, 0.4) is 0 Å². The predicted octanol–water partition coefficient (Wildman–Crippen LogP) is 4.39. The molecule has 1 unspecified atom stereocenters. The van der Waals surface area contributed by atoms with Crippen LogP contribution < -0.4 is 0 Å². The van der Waals surface area contributed by atoms with Crippen LogP contribution in [0.2, 0.25) is 0 Å². The molecule has 2 saturated heterocycles. The molecule has 4 heterocycles. The summed E-state index contributed by atoms with van der Waals surface area (Å²) < 4.78 is 21.7. The molecule has 2 aromatic heterocycles. The van der Waals surface area contributed by atoms with Crippen LogP contribution in [-0.4, -0.2) is 46.5 Å². The molecule has 2 aliphatic rings. The molecule has 0 radical (unpaired) electrons. The summed E-state index contributed by atoms with van der Waals surface area (Å²) in [5.41, 5.74) is 2.40. The number of nitrogens with zero attached hydrogens (tertiary/aromatic N) is 3. The summed E-state index contributed by atoms with van der Waals surface area (Å²) in [6.07, 6.45) is 11.1.